The number of ether oxygens (including phenoxy) is 1. The third-order valence-corrected chi connectivity index (χ3v) is 4.99. The van der Waals surface area contributed by atoms with Crippen LogP contribution in [0.1, 0.15) is 12.5 Å². The number of hydrogen-bond donors (Lipinski definition) is 1. The van der Waals surface area contributed by atoms with Crippen molar-refractivity contribution in [1.29, 1.82) is 0 Å². The second-order valence-corrected chi connectivity index (χ2v) is 7.25. The lowest BCUT2D eigenvalue weighted by Gasteiger charge is -2.36. The molecule has 1 aliphatic rings. The predicted molar refractivity (Wildman–Crippen MR) is 137 cm³/mol. The van der Waals surface area contributed by atoms with Crippen molar-refractivity contribution in [3.63, 3.8) is 0 Å². The number of nitrogens with one attached hydrogen (secondary N) is 1. The Balaban J connectivity index is 0.00000306. The van der Waals surface area contributed by atoms with Crippen LogP contribution in [0.15, 0.2) is 66.0 Å². The Morgan fingerprint density at radius 1 is 1.03 bits per heavy atom. The summed E-state index contributed by atoms with van der Waals surface area (Å²) in [6.45, 7) is 6.72. The maximum absolute atomic E-state index is 13.0. The van der Waals surface area contributed by atoms with E-state index in [1.807, 2.05) is 12.1 Å². The first-order valence-corrected chi connectivity index (χ1v) is 10.6. The lowest BCUT2D eigenvalue weighted by molar-refractivity contribution is 0.370. The smallest absolute Gasteiger partial charge is 0.225 e. The number of hydrogen-bond acceptors (Lipinski definition) is 6. The molecule has 1 fully saturated rings. The van der Waals surface area contributed by atoms with Crippen molar-refractivity contribution in [2.75, 3.05) is 37.6 Å². The zero-order valence-corrected chi connectivity index (χ0v) is 20.7. The molecule has 8 nitrogen and oxygen atoms in total. The summed E-state index contributed by atoms with van der Waals surface area (Å²) in [5.74, 6) is 2.34. The second-order valence-electron chi connectivity index (χ2n) is 7.25. The molecule has 0 atom stereocenters. The van der Waals surface area contributed by atoms with Crippen LogP contribution in [-0.2, 0) is 6.54 Å². The fourth-order valence-corrected chi connectivity index (χ4v) is 3.35. The van der Waals surface area contributed by atoms with E-state index in [2.05, 4.69) is 37.0 Å². The van der Waals surface area contributed by atoms with Gasteiger partial charge >= 0.3 is 0 Å². The van der Waals surface area contributed by atoms with Gasteiger partial charge in [-0.15, -0.1) is 24.0 Å². The van der Waals surface area contributed by atoms with E-state index in [0.717, 1.165) is 50.2 Å². The largest absolute Gasteiger partial charge is 0.439 e. The Kier molecular flexibility index (Phi) is 9.16. The van der Waals surface area contributed by atoms with Crippen LogP contribution in [0.25, 0.3) is 0 Å². The first-order chi connectivity index (χ1) is 15.7. The third-order valence-electron chi connectivity index (χ3n) is 4.99. The van der Waals surface area contributed by atoms with Gasteiger partial charge in [0.15, 0.2) is 5.96 Å². The molecule has 4 rings (SSSR count). The Labute approximate surface area is 210 Å². The minimum Gasteiger partial charge on any atom is -0.439 e. The Hall–Kier alpha value is -3.02. The van der Waals surface area contributed by atoms with Crippen molar-refractivity contribution in [2.24, 2.45) is 4.99 Å². The zero-order chi connectivity index (χ0) is 22.2. The van der Waals surface area contributed by atoms with Crippen LogP contribution in [-0.4, -0.2) is 58.5 Å². The SMILES string of the molecule is CCNC(=NCc1ccc(Oc2ccc(F)cc2)nc1)N1CCN(c2ncccn2)CC1.I. The van der Waals surface area contributed by atoms with Crippen LogP contribution in [0, 0.1) is 5.82 Å². The van der Waals surface area contributed by atoms with E-state index >= 15 is 0 Å². The van der Waals surface area contributed by atoms with Crippen molar-refractivity contribution in [3.05, 3.63) is 72.4 Å². The number of pyridine rings is 1. The summed E-state index contributed by atoms with van der Waals surface area (Å²) in [5.41, 5.74) is 0.975. The molecule has 3 aromatic rings. The molecule has 1 saturated heterocycles. The maximum Gasteiger partial charge on any atom is 0.225 e. The van der Waals surface area contributed by atoms with Crippen LogP contribution in [0.3, 0.4) is 0 Å². The summed E-state index contributed by atoms with van der Waals surface area (Å²) >= 11 is 0. The first-order valence-electron chi connectivity index (χ1n) is 10.6. The van der Waals surface area contributed by atoms with Crippen LogP contribution < -0.4 is 15.0 Å². The summed E-state index contributed by atoms with van der Waals surface area (Å²) in [7, 11) is 0. The Morgan fingerprint density at radius 3 is 2.39 bits per heavy atom. The number of piperazine rings is 1. The molecule has 1 N–H and O–H groups in total. The molecule has 3 heterocycles. The van der Waals surface area contributed by atoms with Crippen molar-refractivity contribution in [1.82, 2.24) is 25.2 Å². The first kappa shape index (κ1) is 24.6. The van der Waals surface area contributed by atoms with Gasteiger partial charge in [0.25, 0.3) is 0 Å². The molecule has 0 saturated carbocycles. The van der Waals surface area contributed by atoms with E-state index < -0.39 is 0 Å². The molecule has 0 radical (unpaired) electrons. The summed E-state index contributed by atoms with van der Waals surface area (Å²) in [4.78, 5) is 22.2. The van der Waals surface area contributed by atoms with E-state index in [4.69, 9.17) is 9.73 Å². The number of benzene rings is 1. The van der Waals surface area contributed by atoms with Gasteiger partial charge in [-0.05, 0) is 42.8 Å². The van der Waals surface area contributed by atoms with Gasteiger partial charge in [-0.25, -0.2) is 24.3 Å². The third kappa shape index (κ3) is 6.98. The normalized spacial score (nSPS) is 13.9. The van der Waals surface area contributed by atoms with Gasteiger partial charge in [0.2, 0.25) is 11.8 Å². The molecule has 0 amide bonds. The number of nitrogens with zero attached hydrogens (tertiary/aromatic N) is 6. The summed E-state index contributed by atoms with van der Waals surface area (Å²) in [5, 5.41) is 3.38. The van der Waals surface area contributed by atoms with Crippen LogP contribution in [0.4, 0.5) is 10.3 Å². The average molecular weight is 563 g/mol. The van der Waals surface area contributed by atoms with Crippen LogP contribution in [0.2, 0.25) is 0 Å². The molecule has 0 bridgehead atoms. The van der Waals surface area contributed by atoms with Crippen molar-refractivity contribution in [3.8, 4) is 11.6 Å². The number of rotatable bonds is 6. The van der Waals surface area contributed by atoms with Gasteiger partial charge in [0, 0.05) is 57.4 Å². The van der Waals surface area contributed by atoms with Crippen molar-refractivity contribution < 1.29 is 9.13 Å². The highest BCUT2D eigenvalue weighted by Crippen LogP contribution is 2.19. The standard InChI is InChI=1S/C23H26FN7O.HI/c1-2-25-22(30-12-14-31(15-13-30)23-26-10-3-11-27-23)29-17-18-4-9-21(28-16-18)32-20-7-5-19(24)6-8-20;/h3-11,16H,2,12-15,17H2,1H3,(H,25,29);1H. The van der Waals surface area contributed by atoms with Gasteiger partial charge in [-0.1, -0.05) is 6.07 Å². The van der Waals surface area contributed by atoms with E-state index in [1.165, 1.54) is 12.1 Å². The van der Waals surface area contributed by atoms with Gasteiger partial charge in [-0.3, -0.25) is 0 Å². The number of anilines is 1. The van der Waals surface area contributed by atoms with Crippen LogP contribution in [0.5, 0.6) is 11.6 Å². The van der Waals surface area contributed by atoms with Gasteiger partial charge < -0.3 is 19.9 Å². The lowest BCUT2D eigenvalue weighted by atomic mass is 10.3. The fraction of sp³-hybridized carbons (Fsp3) is 0.304. The molecular formula is C23H27FIN7O. The number of aliphatic imine (C=N–C) groups is 1. The fourth-order valence-electron chi connectivity index (χ4n) is 3.35. The monoisotopic (exact) mass is 563 g/mol. The average Bonchev–Trinajstić information content (AvgIpc) is 2.85. The molecule has 1 aromatic carbocycles. The second kappa shape index (κ2) is 12.3. The predicted octanol–water partition coefficient (Wildman–Crippen LogP) is 3.71. The van der Waals surface area contributed by atoms with Gasteiger partial charge in [0.1, 0.15) is 11.6 Å². The van der Waals surface area contributed by atoms with Crippen molar-refractivity contribution in [2.45, 2.75) is 13.5 Å². The molecule has 33 heavy (non-hydrogen) atoms. The molecular weight excluding hydrogens is 536 g/mol. The van der Waals surface area contributed by atoms with Crippen LogP contribution >= 0.6 is 24.0 Å². The Bertz CT molecular complexity index is 1010. The highest BCUT2D eigenvalue weighted by atomic mass is 127. The van der Waals surface area contributed by atoms with Gasteiger partial charge in [0.05, 0.1) is 6.54 Å². The molecule has 174 valence electrons. The molecule has 2 aromatic heterocycles. The molecule has 0 aliphatic carbocycles. The molecule has 0 unspecified atom stereocenters. The zero-order valence-electron chi connectivity index (χ0n) is 18.4. The Morgan fingerprint density at radius 2 is 1.76 bits per heavy atom. The minimum absolute atomic E-state index is 0. The summed E-state index contributed by atoms with van der Waals surface area (Å²) in [6, 6.07) is 11.4. The van der Waals surface area contributed by atoms with E-state index in [-0.39, 0.29) is 29.8 Å². The quantitative estimate of drug-likeness (QED) is 0.279. The van der Waals surface area contributed by atoms with E-state index in [0.29, 0.717) is 18.2 Å². The topological polar surface area (TPSA) is 78.8 Å². The highest BCUT2D eigenvalue weighted by molar-refractivity contribution is 14.0. The lowest BCUT2D eigenvalue weighted by Crippen LogP contribution is -2.52. The van der Waals surface area contributed by atoms with E-state index in [9.17, 15) is 4.39 Å². The minimum atomic E-state index is -0.301. The molecule has 0 spiro atoms. The molecule has 10 heteroatoms. The molecule has 1 aliphatic heterocycles. The van der Waals surface area contributed by atoms with Crippen molar-refractivity contribution >= 4 is 35.9 Å². The number of aromatic nitrogens is 3. The summed E-state index contributed by atoms with van der Waals surface area (Å²) in [6.07, 6.45) is 5.28. The summed E-state index contributed by atoms with van der Waals surface area (Å²) < 4.78 is 18.7. The van der Waals surface area contributed by atoms with Gasteiger partial charge in [-0.2, -0.15) is 0 Å². The maximum atomic E-state index is 13.0. The highest BCUT2D eigenvalue weighted by Gasteiger charge is 2.21. The number of halogens is 2. The van der Waals surface area contributed by atoms with E-state index in [1.54, 1.807) is 36.8 Å². The number of guanidine groups is 1.